The molecule has 1 aliphatic heterocycles. The molecule has 3 nitrogen and oxygen atoms in total. The second-order valence-corrected chi connectivity index (χ2v) is 6.94. The fourth-order valence-electron chi connectivity index (χ4n) is 2.21. The van der Waals surface area contributed by atoms with Crippen LogP contribution in [0.1, 0.15) is 0 Å². The molecule has 1 unspecified atom stereocenters. The van der Waals surface area contributed by atoms with Gasteiger partial charge in [-0.3, -0.25) is 0 Å². The van der Waals surface area contributed by atoms with Gasteiger partial charge in [-0.15, -0.1) is 0 Å². The second-order valence-electron chi connectivity index (χ2n) is 4.38. The standard InChI is InChI=1S/C12H13F2N3S2/c13-8-1-2-9-11(10(8)14)17(12(15)16-9)5-7-6-18-3-4-19-7/h1-2,7H,3-6H2,(H2,15,16). The van der Waals surface area contributed by atoms with Crippen molar-refractivity contribution in [3.05, 3.63) is 23.8 Å². The molecule has 2 aromatic rings. The van der Waals surface area contributed by atoms with E-state index in [2.05, 4.69) is 4.98 Å². The van der Waals surface area contributed by atoms with Crippen molar-refractivity contribution in [2.24, 2.45) is 0 Å². The summed E-state index contributed by atoms with van der Waals surface area (Å²) in [4.78, 5) is 4.10. The summed E-state index contributed by atoms with van der Waals surface area (Å²) in [5.74, 6) is 1.74. The summed E-state index contributed by atoms with van der Waals surface area (Å²) in [6.07, 6.45) is 0. The number of fused-ring (bicyclic) bond motifs is 1. The number of nitrogen functional groups attached to an aromatic ring is 1. The highest BCUT2D eigenvalue weighted by atomic mass is 32.2. The van der Waals surface area contributed by atoms with E-state index in [9.17, 15) is 8.78 Å². The molecule has 0 saturated carbocycles. The number of anilines is 1. The Kier molecular flexibility index (Phi) is 3.58. The summed E-state index contributed by atoms with van der Waals surface area (Å²) in [5.41, 5.74) is 6.42. The molecule has 19 heavy (non-hydrogen) atoms. The molecule has 0 amide bonds. The first-order valence-electron chi connectivity index (χ1n) is 5.96. The minimum Gasteiger partial charge on any atom is -0.369 e. The molecular weight excluding hydrogens is 288 g/mol. The van der Waals surface area contributed by atoms with E-state index in [4.69, 9.17) is 5.73 Å². The van der Waals surface area contributed by atoms with Crippen molar-refractivity contribution < 1.29 is 8.78 Å². The van der Waals surface area contributed by atoms with E-state index in [1.807, 2.05) is 23.5 Å². The molecule has 1 atom stereocenters. The summed E-state index contributed by atoms with van der Waals surface area (Å²) in [6.45, 7) is 0.570. The predicted molar refractivity (Wildman–Crippen MR) is 77.6 cm³/mol. The lowest BCUT2D eigenvalue weighted by Gasteiger charge is -2.22. The van der Waals surface area contributed by atoms with Crippen molar-refractivity contribution in [2.45, 2.75) is 11.8 Å². The van der Waals surface area contributed by atoms with Gasteiger partial charge in [-0.25, -0.2) is 13.8 Å². The highest BCUT2D eigenvalue weighted by Crippen LogP contribution is 2.29. The Morgan fingerprint density at radius 1 is 1.37 bits per heavy atom. The summed E-state index contributed by atoms with van der Waals surface area (Å²) in [6, 6.07) is 2.54. The van der Waals surface area contributed by atoms with E-state index in [0.29, 0.717) is 17.3 Å². The van der Waals surface area contributed by atoms with Gasteiger partial charge < -0.3 is 10.3 Å². The minimum absolute atomic E-state index is 0.175. The van der Waals surface area contributed by atoms with Gasteiger partial charge >= 0.3 is 0 Å². The summed E-state index contributed by atoms with van der Waals surface area (Å²) < 4.78 is 28.9. The number of nitrogens with zero attached hydrogens (tertiary/aromatic N) is 2. The molecule has 0 aliphatic carbocycles. The molecule has 2 N–H and O–H groups in total. The van der Waals surface area contributed by atoms with Gasteiger partial charge in [-0.05, 0) is 12.1 Å². The Morgan fingerprint density at radius 2 is 2.21 bits per heavy atom. The van der Waals surface area contributed by atoms with E-state index < -0.39 is 11.6 Å². The number of imidazole rings is 1. The number of hydrogen-bond acceptors (Lipinski definition) is 4. The van der Waals surface area contributed by atoms with Crippen molar-refractivity contribution in [1.82, 2.24) is 9.55 Å². The molecule has 0 spiro atoms. The first-order chi connectivity index (χ1) is 9.16. The van der Waals surface area contributed by atoms with Crippen molar-refractivity contribution >= 4 is 40.5 Å². The lowest BCUT2D eigenvalue weighted by atomic mass is 10.3. The Labute approximate surface area is 117 Å². The van der Waals surface area contributed by atoms with E-state index >= 15 is 0 Å². The van der Waals surface area contributed by atoms with Crippen LogP contribution in [0, 0.1) is 11.6 Å². The zero-order valence-corrected chi connectivity index (χ0v) is 11.7. The Hall–Kier alpha value is -0.950. The quantitative estimate of drug-likeness (QED) is 0.926. The predicted octanol–water partition coefficient (Wildman–Crippen LogP) is 2.75. The monoisotopic (exact) mass is 301 g/mol. The minimum atomic E-state index is -0.866. The van der Waals surface area contributed by atoms with Crippen LogP contribution in [-0.4, -0.2) is 32.1 Å². The third-order valence-corrected chi connectivity index (χ3v) is 5.93. The Bertz CT molecular complexity index is 609. The van der Waals surface area contributed by atoms with E-state index in [1.165, 1.54) is 6.07 Å². The van der Waals surface area contributed by atoms with Crippen LogP contribution >= 0.6 is 23.5 Å². The number of rotatable bonds is 2. The van der Waals surface area contributed by atoms with Crippen LogP contribution in [0.3, 0.4) is 0 Å². The lowest BCUT2D eigenvalue weighted by Crippen LogP contribution is -2.21. The molecule has 1 aliphatic rings. The summed E-state index contributed by atoms with van der Waals surface area (Å²) in [5, 5.41) is 0.362. The molecule has 0 bridgehead atoms. The highest BCUT2D eigenvalue weighted by Gasteiger charge is 2.20. The molecule has 1 aromatic heterocycles. The van der Waals surface area contributed by atoms with Gasteiger partial charge in [0, 0.05) is 29.1 Å². The van der Waals surface area contributed by atoms with Crippen LogP contribution in [0.5, 0.6) is 0 Å². The van der Waals surface area contributed by atoms with Crippen LogP contribution in [-0.2, 0) is 6.54 Å². The Balaban J connectivity index is 2.01. The maximum absolute atomic E-state index is 13.9. The average Bonchev–Trinajstić information content (AvgIpc) is 2.73. The highest BCUT2D eigenvalue weighted by molar-refractivity contribution is 8.06. The van der Waals surface area contributed by atoms with Gasteiger partial charge in [0.2, 0.25) is 5.95 Å². The Morgan fingerprint density at radius 3 is 2.95 bits per heavy atom. The van der Waals surface area contributed by atoms with Crippen LogP contribution in [0.4, 0.5) is 14.7 Å². The van der Waals surface area contributed by atoms with Gasteiger partial charge in [0.25, 0.3) is 0 Å². The van der Waals surface area contributed by atoms with Crippen molar-refractivity contribution in [3.63, 3.8) is 0 Å². The SMILES string of the molecule is Nc1nc2ccc(F)c(F)c2n1CC1CSCCS1. The van der Waals surface area contributed by atoms with Crippen molar-refractivity contribution in [2.75, 3.05) is 23.0 Å². The van der Waals surface area contributed by atoms with E-state index in [-0.39, 0.29) is 11.5 Å². The van der Waals surface area contributed by atoms with Crippen LogP contribution in [0.15, 0.2) is 12.1 Å². The molecule has 2 heterocycles. The van der Waals surface area contributed by atoms with Crippen LogP contribution < -0.4 is 5.73 Å². The first kappa shape index (κ1) is 13.1. The van der Waals surface area contributed by atoms with E-state index in [0.717, 1.165) is 23.3 Å². The number of halogens is 2. The molecule has 7 heteroatoms. The zero-order chi connectivity index (χ0) is 13.4. The smallest absolute Gasteiger partial charge is 0.201 e. The number of nitrogens with two attached hydrogens (primary N) is 1. The maximum Gasteiger partial charge on any atom is 0.201 e. The van der Waals surface area contributed by atoms with Crippen LogP contribution in [0.25, 0.3) is 11.0 Å². The lowest BCUT2D eigenvalue weighted by molar-refractivity contribution is 0.511. The number of thioether (sulfide) groups is 2. The molecule has 3 rings (SSSR count). The zero-order valence-electron chi connectivity index (χ0n) is 10.1. The molecule has 102 valence electrons. The van der Waals surface area contributed by atoms with Gasteiger partial charge in [-0.1, -0.05) is 0 Å². The average molecular weight is 301 g/mol. The number of benzene rings is 1. The van der Waals surface area contributed by atoms with Gasteiger partial charge in [0.05, 0.1) is 5.52 Å². The normalized spacial score (nSPS) is 20.0. The van der Waals surface area contributed by atoms with Crippen LogP contribution in [0.2, 0.25) is 0 Å². The molecular formula is C12H13F2N3S2. The maximum atomic E-state index is 13.9. The van der Waals surface area contributed by atoms with Gasteiger partial charge in [-0.2, -0.15) is 23.5 Å². The van der Waals surface area contributed by atoms with Crippen molar-refractivity contribution in [3.8, 4) is 0 Å². The summed E-state index contributed by atoms with van der Waals surface area (Å²) in [7, 11) is 0. The van der Waals surface area contributed by atoms with Gasteiger partial charge in [0.15, 0.2) is 11.6 Å². The molecule has 0 radical (unpaired) electrons. The first-order valence-corrected chi connectivity index (χ1v) is 8.16. The molecule has 1 fully saturated rings. The fourth-order valence-corrected chi connectivity index (χ4v) is 4.86. The van der Waals surface area contributed by atoms with Gasteiger partial charge in [0.1, 0.15) is 5.52 Å². The molecule has 1 saturated heterocycles. The second kappa shape index (κ2) is 5.20. The number of hydrogen-bond donors (Lipinski definition) is 1. The fraction of sp³-hybridized carbons (Fsp3) is 0.417. The third-order valence-electron chi connectivity index (χ3n) is 3.10. The topological polar surface area (TPSA) is 43.8 Å². The van der Waals surface area contributed by atoms with Crippen molar-refractivity contribution in [1.29, 1.82) is 0 Å². The summed E-state index contributed by atoms with van der Waals surface area (Å²) >= 11 is 3.73. The van der Waals surface area contributed by atoms with E-state index in [1.54, 1.807) is 4.57 Å². The molecule has 1 aromatic carbocycles. The third kappa shape index (κ3) is 2.41. The number of aromatic nitrogens is 2. The largest absolute Gasteiger partial charge is 0.369 e.